The van der Waals surface area contributed by atoms with Crippen molar-refractivity contribution in [1.29, 1.82) is 5.26 Å². The molecule has 0 bridgehead atoms. The number of esters is 1. The third-order valence-corrected chi connectivity index (χ3v) is 7.05. The molecule has 1 aromatic heterocycles. The monoisotopic (exact) mass is 510 g/mol. The van der Waals surface area contributed by atoms with Crippen LogP contribution in [-0.4, -0.2) is 18.5 Å². The van der Waals surface area contributed by atoms with Gasteiger partial charge in [-0.25, -0.2) is 4.79 Å². The Balaban J connectivity index is 1.46. The van der Waals surface area contributed by atoms with Crippen molar-refractivity contribution in [3.8, 4) is 11.8 Å². The van der Waals surface area contributed by atoms with Crippen LogP contribution in [0.1, 0.15) is 38.8 Å². The van der Waals surface area contributed by atoms with Crippen molar-refractivity contribution >= 4 is 45.1 Å². The zero-order valence-corrected chi connectivity index (χ0v) is 21.6. The number of hydrogen-bond donors (Lipinski definition) is 1. The Hall–Kier alpha value is -4.41. The second-order valence-electron chi connectivity index (χ2n) is 8.33. The third-order valence-electron chi connectivity index (χ3n) is 5.92. The van der Waals surface area contributed by atoms with E-state index in [0.29, 0.717) is 28.5 Å². The molecular formula is C30H26N2O4S. The number of amides is 1. The maximum Gasteiger partial charge on any atom is 0.341 e. The van der Waals surface area contributed by atoms with E-state index in [-0.39, 0.29) is 12.2 Å². The van der Waals surface area contributed by atoms with Gasteiger partial charge in [0, 0.05) is 4.88 Å². The topological polar surface area (TPSA) is 88.4 Å². The van der Waals surface area contributed by atoms with Gasteiger partial charge in [0.1, 0.15) is 29.0 Å². The van der Waals surface area contributed by atoms with Crippen molar-refractivity contribution in [3.63, 3.8) is 0 Å². The van der Waals surface area contributed by atoms with E-state index in [9.17, 15) is 14.9 Å². The van der Waals surface area contributed by atoms with Crippen LogP contribution in [-0.2, 0) is 16.1 Å². The normalized spacial score (nSPS) is 11.1. The summed E-state index contributed by atoms with van der Waals surface area (Å²) in [5.74, 6) is -0.413. The molecule has 6 nitrogen and oxygen atoms in total. The SMILES string of the molecule is CCOC(=O)c1c(NC(=O)C(C#N)=Cc2ccc(OCc3cccc4ccccc34)cc2)sc(C)c1C. The molecular weight excluding hydrogens is 484 g/mol. The Morgan fingerprint density at radius 2 is 1.76 bits per heavy atom. The highest BCUT2D eigenvalue weighted by molar-refractivity contribution is 7.16. The van der Waals surface area contributed by atoms with Crippen molar-refractivity contribution < 1.29 is 19.1 Å². The van der Waals surface area contributed by atoms with Gasteiger partial charge in [0.05, 0.1) is 12.2 Å². The number of nitriles is 1. The maximum absolute atomic E-state index is 12.9. The first-order chi connectivity index (χ1) is 17.9. The van der Waals surface area contributed by atoms with Crippen LogP contribution in [0.25, 0.3) is 16.8 Å². The lowest BCUT2D eigenvalue weighted by Gasteiger charge is -2.09. The summed E-state index contributed by atoms with van der Waals surface area (Å²) in [7, 11) is 0. The molecule has 0 aliphatic rings. The summed E-state index contributed by atoms with van der Waals surface area (Å²) in [6.45, 7) is 6.04. The van der Waals surface area contributed by atoms with Crippen molar-refractivity contribution in [1.82, 2.24) is 0 Å². The number of nitrogens with zero attached hydrogens (tertiary/aromatic N) is 1. The van der Waals surface area contributed by atoms with Gasteiger partial charge in [-0.1, -0.05) is 54.6 Å². The summed E-state index contributed by atoms with van der Waals surface area (Å²) in [5.41, 5.74) is 2.76. The largest absolute Gasteiger partial charge is 0.489 e. The zero-order chi connectivity index (χ0) is 26.4. The molecule has 4 rings (SSSR count). The molecule has 4 aromatic rings. The van der Waals surface area contributed by atoms with Crippen LogP contribution in [0.3, 0.4) is 0 Å². The minimum Gasteiger partial charge on any atom is -0.489 e. The number of carbonyl (C=O) groups is 2. The van der Waals surface area contributed by atoms with Gasteiger partial charge in [-0.3, -0.25) is 4.79 Å². The van der Waals surface area contributed by atoms with Crippen LogP contribution in [0.2, 0.25) is 0 Å². The molecule has 0 radical (unpaired) electrons. The number of rotatable bonds is 8. The van der Waals surface area contributed by atoms with Gasteiger partial charge in [0.2, 0.25) is 0 Å². The number of hydrogen-bond acceptors (Lipinski definition) is 6. The fourth-order valence-electron chi connectivity index (χ4n) is 3.89. The Labute approximate surface area is 219 Å². The van der Waals surface area contributed by atoms with E-state index < -0.39 is 11.9 Å². The van der Waals surface area contributed by atoms with Crippen LogP contribution < -0.4 is 10.1 Å². The van der Waals surface area contributed by atoms with E-state index >= 15 is 0 Å². The summed E-state index contributed by atoms with van der Waals surface area (Å²) in [4.78, 5) is 26.1. The number of aryl methyl sites for hydroxylation is 1. The highest BCUT2D eigenvalue weighted by atomic mass is 32.1. The number of nitrogens with one attached hydrogen (secondary N) is 1. The van der Waals surface area contributed by atoms with E-state index in [1.54, 1.807) is 38.1 Å². The average molecular weight is 511 g/mol. The van der Waals surface area contributed by atoms with Crippen molar-refractivity contribution in [2.75, 3.05) is 11.9 Å². The molecule has 0 saturated heterocycles. The van der Waals surface area contributed by atoms with Gasteiger partial charge < -0.3 is 14.8 Å². The lowest BCUT2D eigenvalue weighted by Crippen LogP contribution is -2.16. The summed E-state index contributed by atoms with van der Waals surface area (Å²) < 4.78 is 11.1. The molecule has 0 spiro atoms. The Bertz CT molecular complexity index is 1520. The second-order valence-corrected chi connectivity index (χ2v) is 9.55. The summed E-state index contributed by atoms with van der Waals surface area (Å²) >= 11 is 1.28. The van der Waals surface area contributed by atoms with Gasteiger partial charge in [0.15, 0.2) is 0 Å². The molecule has 0 aliphatic heterocycles. The highest BCUT2D eigenvalue weighted by Gasteiger charge is 2.23. The first kappa shape index (κ1) is 25.7. The van der Waals surface area contributed by atoms with Crippen LogP contribution in [0.5, 0.6) is 5.75 Å². The predicted molar refractivity (Wildman–Crippen MR) is 147 cm³/mol. The second kappa shape index (κ2) is 11.5. The maximum atomic E-state index is 12.9. The quantitative estimate of drug-likeness (QED) is 0.160. The standard InChI is InChI=1S/C30H26N2O4S/c1-4-35-30(34)27-19(2)20(3)37-29(27)32-28(33)24(17-31)16-21-12-14-25(15-13-21)36-18-23-10-7-9-22-8-5-6-11-26(22)23/h5-16H,4,18H2,1-3H3,(H,32,33). The number of ether oxygens (including phenoxy) is 2. The number of benzene rings is 3. The van der Waals surface area contributed by atoms with E-state index in [4.69, 9.17) is 9.47 Å². The first-order valence-corrected chi connectivity index (χ1v) is 12.6. The fourth-order valence-corrected chi connectivity index (χ4v) is 4.93. The molecule has 1 N–H and O–H groups in total. The van der Waals surface area contributed by atoms with Crippen LogP contribution in [0.15, 0.2) is 72.3 Å². The molecule has 0 aliphatic carbocycles. The Morgan fingerprint density at radius 1 is 1.03 bits per heavy atom. The fraction of sp³-hybridized carbons (Fsp3) is 0.167. The number of carbonyl (C=O) groups excluding carboxylic acids is 2. The molecule has 0 unspecified atom stereocenters. The lowest BCUT2D eigenvalue weighted by atomic mass is 10.1. The van der Waals surface area contributed by atoms with Gasteiger partial charge in [-0.15, -0.1) is 11.3 Å². The van der Waals surface area contributed by atoms with Crippen molar-refractivity contribution in [3.05, 3.63) is 99.4 Å². The Kier molecular flexibility index (Phi) is 8.02. The highest BCUT2D eigenvalue weighted by Crippen LogP contribution is 2.33. The molecule has 1 amide bonds. The summed E-state index contributed by atoms with van der Waals surface area (Å²) in [5, 5.41) is 15.0. The number of thiophene rings is 1. The average Bonchev–Trinajstić information content (AvgIpc) is 3.19. The smallest absolute Gasteiger partial charge is 0.341 e. The first-order valence-electron chi connectivity index (χ1n) is 11.8. The van der Waals surface area contributed by atoms with E-state index in [1.165, 1.54) is 17.4 Å². The molecule has 1 heterocycles. The summed E-state index contributed by atoms with van der Waals surface area (Å²) in [6.07, 6.45) is 1.50. The van der Waals surface area contributed by atoms with Crippen molar-refractivity contribution in [2.45, 2.75) is 27.4 Å². The minimum atomic E-state index is -0.592. The third kappa shape index (κ3) is 5.88. The van der Waals surface area contributed by atoms with Crippen LogP contribution >= 0.6 is 11.3 Å². The molecule has 3 aromatic carbocycles. The molecule has 0 atom stereocenters. The summed E-state index contributed by atoms with van der Waals surface area (Å²) in [6, 6.07) is 23.4. The molecule has 186 valence electrons. The lowest BCUT2D eigenvalue weighted by molar-refractivity contribution is -0.112. The van der Waals surface area contributed by atoms with Crippen molar-refractivity contribution in [2.24, 2.45) is 0 Å². The van der Waals surface area contributed by atoms with E-state index in [2.05, 4.69) is 23.5 Å². The minimum absolute atomic E-state index is 0.0806. The van der Waals surface area contributed by atoms with Gasteiger partial charge >= 0.3 is 5.97 Å². The zero-order valence-electron chi connectivity index (χ0n) is 20.8. The number of fused-ring (bicyclic) bond motifs is 1. The van der Waals surface area contributed by atoms with E-state index in [1.807, 2.05) is 37.3 Å². The Morgan fingerprint density at radius 3 is 2.49 bits per heavy atom. The van der Waals surface area contributed by atoms with Gasteiger partial charge in [-0.05, 0) is 66.4 Å². The van der Waals surface area contributed by atoms with Crippen LogP contribution in [0.4, 0.5) is 5.00 Å². The molecule has 7 heteroatoms. The predicted octanol–water partition coefficient (Wildman–Crippen LogP) is 6.82. The number of anilines is 1. The van der Waals surface area contributed by atoms with Gasteiger partial charge in [-0.2, -0.15) is 5.26 Å². The molecule has 0 fully saturated rings. The van der Waals surface area contributed by atoms with E-state index in [0.717, 1.165) is 26.8 Å². The molecule has 0 saturated carbocycles. The van der Waals surface area contributed by atoms with Gasteiger partial charge in [0.25, 0.3) is 5.91 Å². The molecule has 37 heavy (non-hydrogen) atoms. The van der Waals surface area contributed by atoms with Crippen LogP contribution in [0, 0.1) is 25.2 Å².